The van der Waals surface area contributed by atoms with Crippen molar-refractivity contribution in [3.8, 4) is 0 Å². The zero-order chi connectivity index (χ0) is 32.6. The van der Waals surface area contributed by atoms with Crippen LogP contribution in [0.3, 0.4) is 0 Å². The van der Waals surface area contributed by atoms with E-state index >= 15 is 0 Å². The first kappa shape index (κ1) is 29.6. The fourth-order valence-corrected chi connectivity index (χ4v) is 10.4. The van der Waals surface area contributed by atoms with E-state index in [9.17, 15) is 0 Å². The van der Waals surface area contributed by atoms with Gasteiger partial charge in [0.05, 0.1) is 19.5 Å². The van der Waals surface area contributed by atoms with Crippen LogP contribution >= 0.6 is 60.2 Å². The van der Waals surface area contributed by atoms with Gasteiger partial charge < -0.3 is 0 Å². The number of rotatable bonds is 2. The highest BCUT2D eigenvalue weighted by Crippen LogP contribution is 2.50. The molecule has 5 heteroatoms. The SMILES string of the molecule is CC1(C)C(C=C2C(=S)c3ccccc3C2=S)=Cc2cc3sc4cc5c(cc4c3cc21)C(C)(C)C(C=C1C(=S)c2ccccc2C1=S)=C5. The van der Waals surface area contributed by atoms with E-state index in [2.05, 4.69) is 101 Å². The maximum atomic E-state index is 5.91. The molecule has 0 N–H and O–H groups in total. The van der Waals surface area contributed by atoms with Crippen molar-refractivity contribution in [3.63, 3.8) is 0 Å². The van der Waals surface area contributed by atoms with Gasteiger partial charge in [-0.25, -0.2) is 0 Å². The van der Waals surface area contributed by atoms with Gasteiger partial charge in [0.25, 0.3) is 0 Å². The van der Waals surface area contributed by atoms with E-state index in [1.165, 1.54) is 53.6 Å². The Morgan fingerprint density at radius 1 is 0.511 bits per heavy atom. The molecule has 9 rings (SSSR count). The molecule has 4 aliphatic carbocycles. The lowest BCUT2D eigenvalue weighted by Gasteiger charge is -2.24. The van der Waals surface area contributed by atoms with Crippen LogP contribution in [-0.4, -0.2) is 19.5 Å². The summed E-state index contributed by atoms with van der Waals surface area (Å²) in [7, 11) is 0. The summed E-state index contributed by atoms with van der Waals surface area (Å²) in [6.07, 6.45) is 9.16. The summed E-state index contributed by atoms with van der Waals surface area (Å²) >= 11 is 25.5. The Kier molecular flexibility index (Phi) is 6.27. The minimum absolute atomic E-state index is 0.183. The Hall–Kier alpha value is -3.58. The fourth-order valence-electron chi connectivity index (χ4n) is 7.79. The number of fused-ring (bicyclic) bond motifs is 7. The van der Waals surface area contributed by atoms with Crippen LogP contribution in [0.2, 0.25) is 0 Å². The van der Waals surface area contributed by atoms with E-state index in [0.717, 1.165) is 52.9 Å². The molecule has 0 aliphatic heterocycles. The maximum Gasteiger partial charge on any atom is 0.0543 e. The molecule has 0 nitrogen and oxygen atoms in total. The lowest BCUT2D eigenvalue weighted by atomic mass is 9.79. The first-order valence-electron chi connectivity index (χ1n) is 15.7. The zero-order valence-corrected chi connectivity index (χ0v) is 30.4. The maximum absolute atomic E-state index is 5.91. The van der Waals surface area contributed by atoms with E-state index in [4.69, 9.17) is 48.9 Å². The van der Waals surface area contributed by atoms with E-state index in [0.29, 0.717) is 0 Å². The number of thiophene rings is 1. The van der Waals surface area contributed by atoms with Crippen molar-refractivity contribution in [2.75, 3.05) is 0 Å². The molecule has 1 aromatic heterocycles. The van der Waals surface area contributed by atoms with Crippen LogP contribution in [-0.2, 0) is 10.8 Å². The molecule has 226 valence electrons. The number of hydrogen-bond acceptors (Lipinski definition) is 5. The summed E-state index contributed by atoms with van der Waals surface area (Å²) in [4.78, 5) is 3.41. The van der Waals surface area contributed by atoms with Gasteiger partial charge in [0, 0.05) is 64.4 Å². The van der Waals surface area contributed by atoms with Gasteiger partial charge in [-0.3, -0.25) is 0 Å². The van der Waals surface area contributed by atoms with Gasteiger partial charge >= 0.3 is 0 Å². The molecule has 0 spiro atoms. The van der Waals surface area contributed by atoms with Crippen LogP contribution in [0.1, 0.15) is 72.2 Å². The van der Waals surface area contributed by atoms with Crippen LogP contribution in [0, 0.1) is 0 Å². The van der Waals surface area contributed by atoms with Crippen LogP contribution < -0.4 is 0 Å². The van der Waals surface area contributed by atoms with Gasteiger partial charge in [-0.05, 0) is 69.8 Å². The topological polar surface area (TPSA) is 0 Å². The van der Waals surface area contributed by atoms with Gasteiger partial charge in [-0.2, -0.15) is 0 Å². The summed E-state index contributed by atoms with van der Waals surface area (Å²) in [5.41, 5.74) is 13.6. The van der Waals surface area contributed by atoms with E-state index in [-0.39, 0.29) is 10.8 Å². The minimum atomic E-state index is -0.183. The Labute approximate surface area is 300 Å². The van der Waals surface area contributed by atoms with Crippen LogP contribution in [0.5, 0.6) is 0 Å². The van der Waals surface area contributed by atoms with Gasteiger partial charge in [0.2, 0.25) is 0 Å². The lowest BCUT2D eigenvalue weighted by Crippen LogP contribution is -2.17. The molecule has 0 radical (unpaired) electrons. The molecule has 47 heavy (non-hydrogen) atoms. The highest BCUT2D eigenvalue weighted by Gasteiger charge is 2.37. The van der Waals surface area contributed by atoms with Crippen LogP contribution in [0.15, 0.2) is 107 Å². The molecule has 1 heterocycles. The Balaban J connectivity index is 1.11. The third kappa shape index (κ3) is 4.07. The summed E-state index contributed by atoms with van der Waals surface area (Å²) < 4.78 is 2.62. The molecule has 0 atom stereocenters. The van der Waals surface area contributed by atoms with Crippen molar-refractivity contribution < 1.29 is 0 Å². The normalized spacial score (nSPS) is 18.5. The quantitative estimate of drug-likeness (QED) is 0.133. The summed E-state index contributed by atoms with van der Waals surface area (Å²) in [5.74, 6) is 0. The number of benzene rings is 4. The van der Waals surface area contributed by atoms with Crippen LogP contribution in [0.4, 0.5) is 0 Å². The van der Waals surface area contributed by atoms with Crippen LogP contribution in [0.25, 0.3) is 32.3 Å². The molecule has 0 saturated carbocycles. The molecular formula is C42H28S5. The monoisotopic (exact) mass is 692 g/mol. The molecule has 0 unspecified atom stereocenters. The van der Waals surface area contributed by atoms with Crippen molar-refractivity contribution in [3.05, 3.63) is 152 Å². The van der Waals surface area contributed by atoms with Crippen molar-refractivity contribution in [1.29, 1.82) is 0 Å². The average Bonchev–Trinajstić information content (AvgIpc) is 3.75. The Morgan fingerprint density at radius 3 is 1.19 bits per heavy atom. The van der Waals surface area contributed by atoms with Gasteiger partial charge in [0.1, 0.15) is 0 Å². The molecule has 0 saturated heterocycles. The minimum Gasteiger partial charge on any atom is -0.135 e. The molecule has 0 fully saturated rings. The zero-order valence-electron chi connectivity index (χ0n) is 26.3. The van der Waals surface area contributed by atoms with E-state index in [1.807, 2.05) is 35.6 Å². The first-order valence-corrected chi connectivity index (χ1v) is 18.2. The second-order valence-electron chi connectivity index (χ2n) is 13.9. The van der Waals surface area contributed by atoms with Gasteiger partial charge in [-0.1, -0.05) is 137 Å². The van der Waals surface area contributed by atoms with Gasteiger partial charge in [-0.15, -0.1) is 11.3 Å². The van der Waals surface area contributed by atoms with Crippen molar-refractivity contribution >= 4 is 112 Å². The predicted molar refractivity (Wildman–Crippen MR) is 217 cm³/mol. The lowest BCUT2D eigenvalue weighted by molar-refractivity contribution is 0.655. The van der Waals surface area contributed by atoms with Crippen molar-refractivity contribution in [2.45, 2.75) is 38.5 Å². The third-order valence-electron chi connectivity index (χ3n) is 10.6. The average molecular weight is 693 g/mol. The molecule has 4 aromatic carbocycles. The molecular weight excluding hydrogens is 665 g/mol. The van der Waals surface area contributed by atoms with Gasteiger partial charge in [0.15, 0.2) is 0 Å². The predicted octanol–water partition coefficient (Wildman–Crippen LogP) is 11.6. The number of hydrogen-bond donors (Lipinski definition) is 0. The molecule has 0 bridgehead atoms. The molecule has 4 aliphatic rings. The summed E-state index contributed by atoms with van der Waals surface area (Å²) in [6.45, 7) is 9.27. The number of allylic oxidation sites excluding steroid dienone is 6. The molecule has 5 aromatic rings. The van der Waals surface area contributed by atoms with E-state index in [1.54, 1.807) is 0 Å². The highest BCUT2D eigenvalue weighted by molar-refractivity contribution is 7.84. The van der Waals surface area contributed by atoms with Crippen molar-refractivity contribution in [1.82, 2.24) is 0 Å². The largest absolute Gasteiger partial charge is 0.135 e. The summed E-state index contributed by atoms with van der Waals surface area (Å²) in [6, 6.07) is 26.1. The standard InChI is InChI=1S/C42H28S5/c1-41(2)23(17-31-37(43)25-9-5-6-10-26(25)38(31)44)13-21-15-35-29(19-33(21)41)30-20-34-22(16-36(30)47-35)14-24(42(34,3)4)18-32-39(45)27-11-7-8-12-28(27)40(32)46/h5-20H,1-4H3. The Bertz CT molecular complexity index is 2270. The highest BCUT2D eigenvalue weighted by atomic mass is 32.1. The fraction of sp³-hybridized carbons (Fsp3) is 0.143. The third-order valence-corrected chi connectivity index (χ3v) is 13.5. The Morgan fingerprint density at radius 2 is 0.851 bits per heavy atom. The second kappa shape index (κ2) is 9.97. The number of thiocarbonyl (C=S) groups is 4. The second-order valence-corrected chi connectivity index (χ2v) is 16.7. The first-order chi connectivity index (χ1) is 22.4. The van der Waals surface area contributed by atoms with Crippen molar-refractivity contribution in [2.24, 2.45) is 0 Å². The molecule has 0 amide bonds. The summed E-state index contributed by atoms with van der Waals surface area (Å²) in [5, 5.41) is 2.63. The smallest absolute Gasteiger partial charge is 0.0543 e. The van der Waals surface area contributed by atoms with E-state index < -0.39 is 0 Å².